The van der Waals surface area contributed by atoms with E-state index in [1.807, 2.05) is 6.92 Å². The van der Waals surface area contributed by atoms with Crippen molar-refractivity contribution in [1.82, 2.24) is 0 Å². The fourth-order valence-electron chi connectivity index (χ4n) is 1.35. The molecule has 0 heterocycles. The maximum Gasteiger partial charge on any atom is 0.104 e. The molecular formula is C8H16FN. The molecule has 0 aromatic heterocycles. The Kier molecular flexibility index (Phi) is 2.66. The lowest BCUT2D eigenvalue weighted by Gasteiger charge is -2.29. The van der Waals surface area contributed by atoms with Gasteiger partial charge < -0.3 is 5.73 Å². The third-order valence-corrected chi connectivity index (χ3v) is 2.26. The second kappa shape index (κ2) is 3.33. The molecule has 1 aliphatic rings. The molecule has 0 spiro atoms. The Balaban J connectivity index is 2.13. The minimum atomic E-state index is -0.631. The van der Waals surface area contributed by atoms with Crippen molar-refractivity contribution >= 4 is 0 Å². The standard InChI is InChI=1S/C8H16FN/c1-6(10)5-8(9)7-3-2-4-7/h6-8H,2-5,10H2,1H3. The highest BCUT2D eigenvalue weighted by Gasteiger charge is 2.27. The molecule has 2 heteroatoms. The zero-order chi connectivity index (χ0) is 7.56. The van der Waals surface area contributed by atoms with Crippen LogP contribution in [0.4, 0.5) is 4.39 Å². The van der Waals surface area contributed by atoms with E-state index in [1.165, 1.54) is 6.42 Å². The van der Waals surface area contributed by atoms with Crippen molar-refractivity contribution in [2.75, 3.05) is 0 Å². The maximum absolute atomic E-state index is 13.0. The second-order valence-electron chi connectivity index (χ2n) is 3.42. The number of hydrogen-bond donors (Lipinski definition) is 1. The zero-order valence-electron chi connectivity index (χ0n) is 6.52. The topological polar surface area (TPSA) is 26.0 Å². The monoisotopic (exact) mass is 145 g/mol. The highest BCUT2D eigenvalue weighted by molar-refractivity contribution is 4.79. The van der Waals surface area contributed by atoms with Gasteiger partial charge >= 0.3 is 0 Å². The predicted molar refractivity (Wildman–Crippen MR) is 40.5 cm³/mol. The van der Waals surface area contributed by atoms with Gasteiger partial charge in [0.05, 0.1) is 0 Å². The first-order valence-electron chi connectivity index (χ1n) is 4.10. The summed E-state index contributed by atoms with van der Waals surface area (Å²) in [5.74, 6) is 0.339. The molecule has 60 valence electrons. The molecular weight excluding hydrogens is 129 g/mol. The molecule has 0 saturated heterocycles. The molecule has 10 heavy (non-hydrogen) atoms. The third kappa shape index (κ3) is 1.94. The SMILES string of the molecule is CC(N)CC(F)C1CCC1. The normalized spacial score (nSPS) is 25.5. The van der Waals surface area contributed by atoms with Crippen LogP contribution in [0.5, 0.6) is 0 Å². The molecule has 2 unspecified atom stereocenters. The van der Waals surface area contributed by atoms with Gasteiger partial charge in [-0.2, -0.15) is 0 Å². The first kappa shape index (κ1) is 7.99. The van der Waals surface area contributed by atoms with Crippen molar-refractivity contribution in [3.05, 3.63) is 0 Å². The maximum atomic E-state index is 13.0. The highest BCUT2D eigenvalue weighted by Crippen LogP contribution is 2.32. The van der Waals surface area contributed by atoms with E-state index < -0.39 is 6.17 Å². The van der Waals surface area contributed by atoms with Crippen LogP contribution in [0.15, 0.2) is 0 Å². The van der Waals surface area contributed by atoms with Crippen molar-refractivity contribution in [1.29, 1.82) is 0 Å². The highest BCUT2D eigenvalue weighted by atomic mass is 19.1. The number of nitrogens with two attached hydrogens (primary N) is 1. The molecule has 1 fully saturated rings. The Bertz CT molecular complexity index is 99.4. The van der Waals surface area contributed by atoms with Gasteiger partial charge in [0.2, 0.25) is 0 Å². The lowest BCUT2D eigenvalue weighted by Crippen LogP contribution is -2.29. The largest absolute Gasteiger partial charge is 0.328 e. The first-order valence-corrected chi connectivity index (χ1v) is 4.10. The van der Waals surface area contributed by atoms with Gasteiger partial charge in [0, 0.05) is 6.04 Å². The number of hydrogen-bond acceptors (Lipinski definition) is 1. The van der Waals surface area contributed by atoms with Gasteiger partial charge in [0.1, 0.15) is 6.17 Å². The minimum absolute atomic E-state index is 0.0237. The van der Waals surface area contributed by atoms with Crippen LogP contribution >= 0.6 is 0 Å². The fraction of sp³-hybridized carbons (Fsp3) is 1.00. The van der Waals surface area contributed by atoms with Crippen LogP contribution in [0.3, 0.4) is 0 Å². The summed E-state index contributed by atoms with van der Waals surface area (Å²) in [6.45, 7) is 1.87. The van der Waals surface area contributed by atoms with E-state index in [1.54, 1.807) is 0 Å². The quantitative estimate of drug-likeness (QED) is 0.644. The minimum Gasteiger partial charge on any atom is -0.328 e. The molecule has 1 nitrogen and oxygen atoms in total. The van der Waals surface area contributed by atoms with Crippen LogP contribution in [0.2, 0.25) is 0 Å². The van der Waals surface area contributed by atoms with Crippen LogP contribution in [0.25, 0.3) is 0 Å². The molecule has 1 rings (SSSR count). The van der Waals surface area contributed by atoms with Crippen LogP contribution in [0, 0.1) is 5.92 Å². The Morgan fingerprint density at radius 1 is 1.60 bits per heavy atom. The van der Waals surface area contributed by atoms with Gasteiger partial charge in [0.25, 0.3) is 0 Å². The van der Waals surface area contributed by atoms with Gasteiger partial charge in [-0.1, -0.05) is 6.42 Å². The molecule has 0 amide bonds. The Morgan fingerprint density at radius 3 is 2.50 bits per heavy atom. The van der Waals surface area contributed by atoms with E-state index in [0.29, 0.717) is 12.3 Å². The van der Waals surface area contributed by atoms with E-state index in [2.05, 4.69) is 0 Å². The van der Waals surface area contributed by atoms with E-state index in [-0.39, 0.29) is 6.04 Å². The van der Waals surface area contributed by atoms with Gasteiger partial charge in [0.15, 0.2) is 0 Å². The molecule has 0 aliphatic heterocycles. The van der Waals surface area contributed by atoms with Gasteiger partial charge in [-0.3, -0.25) is 0 Å². The number of alkyl halides is 1. The smallest absolute Gasteiger partial charge is 0.104 e. The third-order valence-electron chi connectivity index (χ3n) is 2.26. The predicted octanol–water partition coefficient (Wildman–Crippen LogP) is 1.86. The number of halogens is 1. The van der Waals surface area contributed by atoms with Crippen molar-refractivity contribution in [3.63, 3.8) is 0 Å². The van der Waals surface area contributed by atoms with E-state index >= 15 is 0 Å². The summed E-state index contributed by atoms with van der Waals surface area (Å²) < 4.78 is 13.0. The van der Waals surface area contributed by atoms with Gasteiger partial charge in [-0.15, -0.1) is 0 Å². The average molecular weight is 145 g/mol. The van der Waals surface area contributed by atoms with Gasteiger partial charge in [-0.25, -0.2) is 4.39 Å². The molecule has 0 bridgehead atoms. The summed E-state index contributed by atoms with van der Waals surface area (Å²) >= 11 is 0. The Morgan fingerprint density at radius 2 is 2.20 bits per heavy atom. The molecule has 1 aliphatic carbocycles. The first-order chi connectivity index (χ1) is 4.70. The average Bonchev–Trinajstić information content (AvgIpc) is 1.55. The summed E-state index contributed by atoms with van der Waals surface area (Å²) in [5.41, 5.74) is 5.47. The van der Waals surface area contributed by atoms with E-state index in [9.17, 15) is 4.39 Å². The van der Waals surface area contributed by atoms with Crippen molar-refractivity contribution in [2.45, 2.75) is 44.8 Å². The summed E-state index contributed by atoms with van der Waals surface area (Å²) in [6.07, 6.45) is 3.28. The van der Waals surface area contributed by atoms with E-state index in [0.717, 1.165) is 12.8 Å². The Labute approximate surface area is 61.8 Å². The molecule has 1 saturated carbocycles. The second-order valence-corrected chi connectivity index (χ2v) is 3.42. The molecule has 0 aromatic rings. The van der Waals surface area contributed by atoms with Crippen LogP contribution in [0.1, 0.15) is 32.6 Å². The summed E-state index contributed by atoms with van der Waals surface area (Å²) in [6, 6.07) is 0.0237. The molecule has 2 atom stereocenters. The fourth-order valence-corrected chi connectivity index (χ4v) is 1.35. The van der Waals surface area contributed by atoms with Crippen LogP contribution in [-0.4, -0.2) is 12.2 Å². The van der Waals surface area contributed by atoms with Crippen molar-refractivity contribution in [3.8, 4) is 0 Å². The summed E-state index contributed by atoms with van der Waals surface area (Å²) in [4.78, 5) is 0. The molecule has 0 aromatic carbocycles. The van der Waals surface area contributed by atoms with Crippen LogP contribution < -0.4 is 5.73 Å². The van der Waals surface area contributed by atoms with E-state index in [4.69, 9.17) is 5.73 Å². The van der Waals surface area contributed by atoms with Crippen LogP contribution in [-0.2, 0) is 0 Å². The zero-order valence-corrected chi connectivity index (χ0v) is 6.52. The lowest BCUT2D eigenvalue weighted by atomic mass is 9.80. The van der Waals surface area contributed by atoms with Gasteiger partial charge in [-0.05, 0) is 32.1 Å². The number of rotatable bonds is 3. The summed E-state index contributed by atoms with van der Waals surface area (Å²) in [5, 5.41) is 0. The summed E-state index contributed by atoms with van der Waals surface area (Å²) in [7, 11) is 0. The molecule has 0 radical (unpaired) electrons. The molecule has 2 N–H and O–H groups in total. The lowest BCUT2D eigenvalue weighted by molar-refractivity contribution is 0.134. The van der Waals surface area contributed by atoms with Crippen molar-refractivity contribution in [2.24, 2.45) is 11.7 Å². The Hall–Kier alpha value is -0.110. The van der Waals surface area contributed by atoms with Crippen molar-refractivity contribution < 1.29 is 4.39 Å².